The zero-order chi connectivity index (χ0) is 20.4. The van der Waals surface area contributed by atoms with Gasteiger partial charge in [-0.05, 0) is 6.07 Å². The summed E-state index contributed by atoms with van der Waals surface area (Å²) in [6.07, 6.45) is 4.81. The molecule has 1 aliphatic heterocycles. The number of amides is 2. The Balaban J connectivity index is 1.48. The molecule has 0 radical (unpaired) electrons. The van der Waals surface area contributed by atoms with Crippen LogP contribution in [0.15, 0.2) is 42.9 Å². The summed E-state index contributed by atoms with van der Waals surface area (Å²) in [5.41, 5.74) is 1.15. The highest BCUT2D eigenvalue weighted by Gasteiger charge is 2.26. The van der Waals surface area contributed by atoms with Gasteiger partial charge < -0.3 is 4.90 Å². The van der Waals surface area contributed by atoms with Crippen molar-refractivity contribution in [2.75, 3.05) is 11.9 Å². The first-order chi connectivity index (χ1) is 14.0. The minimum absolute atomic E-state index is 0.125. The molecule has 3 heterocycles. The molecule has 0 spiro atoms. The Hall–Kier alpha value is -3.73. The van der Waals surface area contributed by atoms with Crippen LogP contribution in [-0.2, 0) is 13.0 Å². The molecule has 0 atom stereocenters. The maximum atomic E-state index is 12.8. The molecule has 0 fully saturated rings. The Labute approximate surface area is 168 Å². The van der Waals surface area contributed by atoms with Crippen LogP contribution in [0.4, 0.5) is 10.8 Å². The number of nitrogens with one attached hydrogen (secondary N) is 1. The molecule has 0 unspecified atom stereocenters. The van der Waals surface area contributed by atoms with E-state index in [1.807, 2.05) is 0 Å². The molecule has 4 rings (SSSR count). The molecule has 10 nitrogen and oxygen atoms in total. The van der Waals surface area contributed by atoms with Crippen LogP contribution in [-0.4, -0.2) is 43.1 Å². The van der Waals surface area contributed by atoms with Crippen molar-refractivity contribution >= 4 is 34.0 Å². The minimum atomic E-state index is -0.527. The third kappa shape index (κ3) is 3.94. The fourth-order valence-electron chi connectivity index (χ4n) is 2.93. The molecule has 2 amide bonds. The average Bonchev–Trinajstić information content (AvgIpc) is 3.15. The van der Waals surface area contributed by atoms with Crippen LogP contribution in [0.5, 0.6) is 0 Å². The number of hydrogen-bond donors (Lipinski definition) is 1. The second kappa shape index (κ2) is 7.72. The number of carbonyl (C=O) groups excluding carboxylic acids is 2. The van der Waals surface area contributed by atoms with E-state index >= 15 is 0 Å². The third-order valence-electron chi connectivity index (χ3n) is 4.34. The Kier molecular flexibility index (Phi) is 4.96. The van der Waals surface area contributed by atoms with Crippen molar-refractivity contribution < 1.29 is 14.5 Å². The third-order valence-corrected chi connectivity index (χ3v) is 5.34. The van der Waals surface area contributed by atoms with Gasteiger partial charge in [-0.25, -0.2) is 9.97 Å². The van der Waals surface area contributed by atoms with Crippen LogP contribution in [0.25, 0.3) is 0 Å². The summed E-state index contributed by atoms with van der Waals surface area (Å²) in [4.78, 5) is 50.1. The first kappa shape index (κ1) is 18.6. The Morgan fingerprint density at radius 1 is 1.28 bits per heavy atom. The molecule has 1 aliphatic rings. The van der Waals surface area contributed by atoms with Gasteiger partial charge in [-0.1, -0.05) is 17.4 Å². The Morgan fingerprint density at radius 3 is 2.90 bits per heavy atom. The van der Waals surface area contributed by atoms with Crippen molar-refractivity contribution in [2.45, 2.75) is 13.0 Å². The van der Waals surface area contributed by atoms with Gasteiger partial charge in [0.25, 0.3) is 17.5 Å². The lowest BCUT2D eigenvalue weighted by Gasteiger charge is -2.26. The lowest BCUT2D eigenvalue weighted by molar-refractivity contribution is -0.384. The summed E-state index contributed by atoms with van der Waals surface area (Å²) in [5, 5.41) is 14.1. The topological polar surface area (TPSA) is 131 Å². The maximum Gasteiger partial charge on any atom is 0.277 e. The van der Waals surface area contributed by atoms with E-state index in [1.54, 1.807) is 11.0 Å². The number of anilines is 1. The number of non-ortho nitro benzene ring substituents is 1. The van der Waals surface area contributed by atoms with Gasteiger partial charge in [0.15, 0.2) is 5.13 Å². The number of hydrogen-bond acceptors (Lipinski definition) is 8. The number of rotatable bonds is 4. The van der Waals surface area contributed by atoms with Gasteiger partial charge in [-0.3, -0.25) is 30.0 Å². The molecule has 29 heavy (non-hydrogen) atoms. The van der Waals surface area contributed by atoms with Crippen LogP contribution in [0.3, 0.4) is 0 Å². The number of carbonyl (C=O) groups is 2. The molecule has 1 N–H and O–H groups in total. The summed E-state index contributed by atoms with van der Waals surface area (Å²) in [6, 6.07) is 5.68. The van der Waals surface area contributed by atoms with Crippen molar-refractivity contribution in [1.82, 2.24) is 19.9 Å². The van der Waals surface area contributed by atoms with Gasteiger partial charge >= 0.3 is 0 Å². The van der Waals surface area contributed by atoms with Crippen molar-refractivity contribution in [3.05, 3.63) is 74.8 Å². The molecule has 1 aromatic carbocycles. The summed E-state index contributed by atoms with van der Waals surface area (Å²) in [7, 11) is 0. The summed E-state index contributed by atoms with van der Waals surface area (Å²) in [6.45, 7) is 0.769. The van der Waals surface area contributed by atoms with E-state index in [4.69, 9.17) is 0 Å². The molecular formula is C18H14N6O4S. The molecule has 146 valence electrons. The maximum absolute atomic E-state index is 12.8. The lowest BCUT2D eigenvalue weighted by atomic mass is 10.1. The standard InChI is InChI=1S/C18H14N6O4S/c25-16(14-9-19-5-6-20-14)22-18-21-13-4-7-23(10-15(13)29-18)17(26)11-2-1-3-12(8-11)24(27)28/h1-3,5-6,8-9H,4,7,10H2,(H,21,22,25). The van der Waals surface area contributed by atoms with Crippen LogP contribution in [0, 0.1) is 10.1 Å². The Bertz CT molecular complexity index is 1100. The largest absolute Gasteiger partial charge is 0.333 e. The van der Waals surface area contributed by atoms with Gasteiger partial charge in [0.2, 0.25) is 0 Å². The van der Waals surface area contributed by atoms with Crippen molar-refractivity contribution in [3.8, 4) is 0 Å². The van der Waals surface area contributed by atoms with E-state index in [0.29, 0.717) is 24.6 Å². The number of benzene rings is 1. The zero-order valence-electron chi connectivity index (χ0n) is 14.9. The normalized spacial score (nSPS) is 12.9. The molecule has 2 aromatic heterocycles. The minimum Gasteiger partial charge on any atom is -0.333 e. The Morgan fingerprint density at radius 2 is 2.14 bits per heavy atom. The van der Waals surface area contributed by atoms with Gasteiger partial charge in [0.05, 0.1) is 23.4 Å². The number of nitrogens with zero attached hydrogens (tertiary/aromatic N) is 5. The molecule has 11 heteroatoms. The summed E-state index contributed by atoms with van der Waals surface area (Å²) in [5.74, 6) is -0.688. The van der Waals surface area contributed by atoms with E-state index in [2.05, 4.69) is 20.3 Å². The fraction of sp³-hybridized carbons (Fsp3) is 0.167. The number of fused-ring (bicyclic) bond motifs is 1. The smallest absolute Gasteiger partial charge is 0.277 e. The van der Waals surface area contributed by atoms with Crippen LogP contribution < -0.4 is 5.32 Å². The van der Waals surface area contributed by atoms with Crippen LogP contribution in [0.1, 0.15) is 31.4 Å². The monoisotopic (exact) mass is 410 g/mol. The van der Waals surface area contributed by atoms with Gasteiger partial charge in [0, 0.05) is 47.9 Å². The predicted octanol–water partition coefficient (Wildman–Crippen LogP) is 2.29. The lowest BCUT2D eigenvalue weighted by Crippen LogP contribution is -2.35. The van der Waals surface area contributed by atoms with Gasteiger partial charge in [-0.2, -0.15) is 0 Å². The van der Waals surface area contributed by atoms with Gasteiger partial charge in [0.1, 0.15) is 5.69 Å². The number of aromatic nitrogens is 3. The van der Waals surface area contributed by atoms with E-state index in [0.717, 1.165) is 10.6 Å². The highest BCUT2D eigenvalue weighted by molar-refractivity contribution is 7.15. The molecule has 0 saturated carbocycles. The van der Waals surface area contributed by atoms with Crippen LogP contribution >= 0.6 is 11.3 Å². The molecule has 3 aromatic rings. The van der Waals surface area contributed by atoms with Gasteiger partial charge in [-0.15, -0.1) is 0 Å². The van der Waals surface area contributed by atoms with E-state index in [1.165, 1.54) is 48.1 Å². The van der Waals surface area contributed by atoms with Crippen molar-refractivity contribution in [2.24, 2.45) is 0 Å². The second-order valence-corrected chi connectivity index (χ2v) is 7.30. The molecular weight excluding hydrogens is 396 g/mol. The summed E-state index contributed by atoms with van der Waals surface area (Å²) < 4.78 is 0. The van der Waals surface area contributed by atoms with Crippen molar-refractivity contribution in [1.29, 1.82) is 0 Å². The number of nitro groups is 1. The highest BCUT2D eigenvalue weighted by Crippen LogP contribution is 2.29. The average molecular weight is 410 g/mol. The van der Waals surface area contributed by atoms with E-state index in [-0.39, 0.29) is 22.9 Å². The van der Waals surface area contributed by atoms with E-state index in [9.17, 15) is 19.7 Å². The SMILES string of the molecule is O=C(Nc1nc2c(s1)CN(C(=O)c1cccc([N+](=O)[O-])c1)CC2)c1cnccn1. The second-order valence-electron chi connectivity index (χ2n) is 6.22. The van der Waals surface area contributed by atoms with Crippen molar-refractivity contribution in [3.63, 3.8) is 0 Å². The summed E-state index contributed by atoms with van der Waals surface area (Å²) >= 11 is 1.29. The quantitative estimate of drug-likeness (QED) is 0.515. The zero-order valence-corrected chi connectivity index (χ0v) is 15.8. The molecule has 0 bridgehead atoms. The van der Waals surface area contributed by atoms with Crippen LogP contribution in [0.2, 0.25) is 0 Å². The number of thiazole rings is 1. The highest BCUT2D eigenvalue weighted by atomic mass is 32.1. The fourth-order valence-corrected chi connectivity index (χ4v) is 3.95. The van der Waals surface area contributed by atoms with E-state index < -0.39 is 10.8 Å². The molecule has 0 saturated heterocycles. The first-order valence-corrected chi connectivity index (χ1v) is 9.42. The number of nitro benzene ring substituents is 1. The predicted molar refractivity (Wildman–Crippen MR) is 104 cm³/mol. The first-order valence-electron chi connectivity index (χ1n) is 8.61. The molecule has 0 aliphatic carbocycles.